The van der Waals surface area contributed by atoms with Gasteiger partial charge in [0.1, 0.15) is 0 Å². The molecule has 72 valence electrons. The van der Waals surface area contributed by atoms with Crippen molar-refractivity contribution in [2.45, 2.75) is 6.92 Å². The number of carbonyl (C=O) groups excluding carboxylic acids is 2. The van der Waals surface area contributed by atoms with E-state index in [-0.39, 0.29) is 5.78 Å². The molecule has 1 aromatic rings. The Labute approximate surface area is 82.2 Å². The summed E-state index contributed by atoms with van der Waals surface area (Å²) in [4.78, 5) is 21.5. The Kier molecular flexibility index (Phi) is 3.18. The first-order chi connectivity index (χ1) is 6.59. The molecule has 0 saturated carbocycles. The summed E-state index contributed by atoms with van der Waals surface area (Å²) >= 11 is 0. The van der Waals surface area contributed by atoms with Gasteiger partial charge in [0.15, 0.2) is 5.78 Å². The van der Waals surface area contributed by atoms with Crippen molar-refractivity contribution < 1.29 is 9.59 Å². The number of benzene rings is 1. The van der Waals surface area contributed by atoms with Crippen LogP contribution in [-0.2, 0) is 4.79 Å². The molecule has 3 nitrogen and oxygen atoms in total. The van der Waals surface area contributed by atoms with Crippen LogP contribution >= 0.6 is 0 Å². The predicted molar refractivity (Wildman–Crippen MR) is 54.7 cm³/mol. The molecule has 14 heavy (non-hydrogen) atoms. The predicted octanol–water partition coefficient (Wildman–Crippen LogP) is 1.39. The number of primary amides is 1. The molecular weight excluding hydrogens is 178 g/mol. The van der Waals surface area contributed by atoms with Gasteiger partial charge in [-0.15, -0.1) is 0 Å². The number of Topliss-reactive ketones (excluding diaryl/α,β-unsaturated/α-hetero) is 1. The topological polar surface area (TPSA) is 60.2 Å². The fraction of sp³-hybridized carbons (Fsp3) is 0.0909. The van der Waals surface area contributed by atoms with Gasteiger partial charge < -0.3 is 5.73 Å². The number of nitrogens with two attached hydrogens (primary N) is 1. The summed E-state index contributed by atoms with van der Waals surface area (Å²) in [5.41, 5.74) is 6.36. The van der Waals surface area contributed by atoms with Crippen molar-refractivity contribution in [2.24, 2.45) is 5.73 Å². The average molecular weight is 189 g/mol. The molecule has 0 radical (unpaired) electrons. The largest absolute Gasteiger partial charge is 0.366 e. The maximum atomic E-state index is 11.0. The highest BCUT2D eigenvalue weighted by Gasteiger charge is 1.98. The SMILES string of the molecule is CC(=O)c1cccc(C=CC(N)=O)c1. The van der Waals surface area contributed by atoms with E-state index in [9.17, 15) is 9.59 Å². The summed E-state index contributed by atoms with van der Waals surface area (Å²) in [5.74, 6) is -0.502. The molecule has 0 unspecified atom stereocenters. The smallest absolute Gasteiger partial charge is 0.241 e. The Bertz CT molecular complexity index is 394. The molecule has 2 N–H and O–H groups in total. The van der Waals surface area contributed by atoms with Gasteiger partial charge in [0.25, 0.3) is 0 Å². The monoisotopic (exact) mass is 189 g/mol. The van der Waals surface area contributed by atoms with Gasteiger partial charge >= 0.3 is 0 Å². The summed E-state index contributed by atoms with van der Waals surface area (Å²) < 4.78 is 0. The van der Waals surface area contributed by atoms with Crippen molar-refractivity contribution in [3.63, 3.8) is 0 Å². The molecule has 0 spiro atoms. The minimum absolute atomic E-state index is 0.000625. The third-order valence-corrected chi connectivity index (χ3v) is 1.73. The van der Waals surface area contributed by atoms with Crippen LogP contribution in [0.5, 0.6) is 0 Å². The molecule has 1 amide bonds. The van der Waals surface area contributed by atoms with E-state index in [1.807, 2.05) is 0 Å². The van der Waals surface area contributed by atoms with Crippen LogP contribution in [0, 0.1) is 0 Å². The zero-order valence-electron chi connectivity index (χ0n) is 7.86. The highest BCUT2D eigenvalue weighted by molar-refractivity contribution is 5.95. The summed E-state index contributed by atoms with van der Waals surface area (Å²) in [7, 11) is 0. The van der Waals surface area contributed by atoms with Crippen molar-refractivity contribution in [1.29, 1.82) is 0 Å². The molecule has 0 saturated heterocycles. The fourth-order valence-electron chi connectivity index (χ4n) is 1.04. The van der Waals surface area contributed by atoms with Gasteiger partial charge in [-0.3, -0.25) is 9.59 Å². The lowest BCUT2D eigenvalue weighted by molar-refractivity contribution is -0.113. The van der Waals surface area contributed by atoms with Gasteiger partial charge in [0.2, 0.25) is 5.91 Å². The number of carbonyl (C=O) groups is 2. The van der Waals surface area contributed by atoms with E-state index >= 15 is 0 Å². The second kappa shape index (κ2) is 4.37. The first kappa shape index (κ1) is 10.2. The number of ketones is 1. The van der Waals surface area contributed by atoms with Crippen molar-refractivity contribution in [1.82, 2.24) is 0 Å². The lowest BCUT2D eigenvalue weighted by Gasteiger charge is -1.96. The first-order valence-electron chi connectivity index (χ1n) is 4.18. The van der Waals surface area contributed by atoms with E-state index < -0.39 is 5.91 Å². The molecule has 1 rings (SSSR count). The molecule has 0 heterocycles. The van der Waals surface area contributed by atoms with Gasteiger partial charge in [-0.25, -0.2) is 0 Å². The number of amides is 1. The van der Waals surface area contributed by atoms with Gasteiger partial charge in [0, 0.05) is 11.6 Å². The summed E-state index contributed by atoms with van der Waals surface area (Å²) in [5, 5.41) is 0. The van der Waals surface area contributed by atoms with Crippen molar-refractivity contribution in [3.05, 3.63) is 41.5 Å². The molecule has 0 aliphatic rings. The maximum Gasteiger partial charge on any atom is 0.241 e. The van der Waals surface area contributed by atoms with Crippen molar-refractivity contribution in [2.75, 3.05) is 0 Å². The van der Waals surface area contributed by atoms with Gasteiger partial charge in [-0.05, 0) is 24.6 Å². The van der Waals surface area contributed by atoms with Gasteiger partial charge in [0.05, 0.1) is 0 Å². The molecule has 0 bridgehead atoms. The molecule has 0 aliphatic carbocycles. The Hall–Kier alpha value is -1.90. The lowest BCUT2D eigenvalue weighted by atomic mass is 10.1. The highest BCUT2D eigenvalue weighted by Crippen LogP contribution is 2.07. The van der Waals surface area contributed by atoms with Crippen LogP contribution in [0.15, 0.2) is 30.3 Å². The maximum absolute atomic E-state index is 11.0. The van der Waals surface area contributed by atoms with Crippen LogP contribution in [0.1, 0.15) is 22.8 Å². The summed E-state index contributed by atoms with van der Waals surface area (Å²) in [6, 6.07) is 7.00. The fourth-order valence-corrected chi connectivity index (χ4v) is 1.04. The third kappa shape index (κ3) is 2.86. The third-order valence-electron chi connectivity index (χ3n) is 1.73. The number of hydrogen-bond donors (Lipinski definition) is 1. The van der Waals surface area contributed by atoms with Crippen molar-refractivity contribution in [3.8, 4) is 0 Å². The minimum Gasteiger partial charge on any atom is -0.366 e. The first-order valence-corrected chi connectivity index (χ1v) is 4.18. The quantitative estimate of drug-likeness (QED) is 0.577. The molecule has 0 aliphatic heterocycles. The van der Waals surface area contributed by atoms with E-state index in [0.717, 1.165) is 5.56 Å². The van der Waals surface area contributed by atoms with Crippen LogP contribution in [-0.4, -0.2) is 11.7 Å². The Balaban J connectivity index is 2.94. The standard InChI is InChI=1S/C11H11NO2/c1-8(13)10-4-2-3-9(7-10)5-6-11(12)14/h2-7H,1H3,(H2,12,14). The average Bonchev–Trinajstić information content (AvgIpc) is 2.15. The summed E-state index contributed by atoms with van der Waals surface area (Å²) in [6.07, 6.45) is 2.84. The van der Waals surface area contributed by atoms with E-state index in [0.29, 0.717) is 5.56 Å². The zero-order valence-corrected chi connectivity index (χ0v) is 7.86. The van der Waals surface area contributed by atoms with E-state index in [4.69, 9.17) is 5.73 Å². The van der Waals surface area contributed by atoms with Gasteiger partial charge in [-0.2, -0.15) is 0 Å². The Morgan fingerprint density at radius 1 is 1.36 bits per heavy atom. The molecule has 1 aromatic carbocycles. The van der Waals surface area contributed by atoms with E-state index in [2.05, 4.69) is 0 Å². The van der Waals surface area contributed by atoms with Crippen LogP contribution in [0.25, 0.3) is 6.08 Å². The van der Waals surface area contributed by atoms with Crippen molar-refractivity contribution >= 4 is 17.8 Å². The Morgan fingerprint density at radius 2 is 2.07 bits per heavy atom. The second-order valence-corrected chi connectivity index (χ2v) is 2.92. The van der Waals surface area contributed by atoms with E-state index in [1.54, 1.807) is 30.3 Å². The number of hydrogen-bond acceptors (Lipinski definition) is 2. The highest BCUT2D eigenvalue weighted by atomic mass is 16.1. The second-order valence-electron chi connectivity index (χ2n) is 2.92. The zero-order chi connectivity index (χ0) is 10.6. The molecule has 3 heteroatoms. The van der Waals surface area contributed by atoms with Crippen LogP contribution in [0.3, 0.4) is 0 Å². The molecule has 0 fully saturated rings. The lowest BCUT2D eigenvalue weighted by Crippen LogP contribution is -2.05. The minimum atomic E-state index is -0.502. The Morgan fingerprint density at radius 3 is 2.64 bits per heavy atom. The molecule has 0 aromatic heterocycles. The number of rotatable bonds is 3. The van der Waals surface area contributed by atoms with E-state index in [1.165, 1.54) is 13.0 Å². The normalized spacial score (nSPS) is 10.4. The van der Waals surface area contributed by atoms with Gasteiger partial charge in [-0.1, -0.05) is 18.2 Å². The summed E-state index contributed by atoms with van der Waals surface area (Å²) in [6.45, 7) is 1.50. The van der Waals surface area contributed by atoms with Crippen LogP contribution in [0.2, 0.25) is 0 Å². The molecule has 0 atom stereocenters. The van der Waals surface area contributed by atoms with Crippen LogP contribution in [0.4, 0.5) is 0 Å². The molecular formula is C11H11NO2. The van der Waals surface area contributed by atoms with Crippen LogP contribution < -0.4 is 5.73 Å².